The van der Waals surface area contributed by atoms with Crippen molar-refractivity contribution in [3.05, 3.63) is 0 Å². The Hall–Kier alpha value is -1.10. The molecule has 0 bridgehead atoms. The fraction of sp³-hybridized carbons (Fsp3) is 0.800. The summed E-state index contributed by atoms with van der Waals surface area (Å²) in [6, 6.07) is 0.179. The van der Waals surface area contributed by atoms with Crippen LogP contribution in [0.3, 0.4) is 0 Å². The Morgan fingerprint density at radius 3 is 2.20 bits per heavy atom. The summed E-state index contributed by atoms with van der Waals surface area (Å²) in [6.45, 7) is 5.19. The second-order valence-electron chi connectivity index (χ2n) is 4.45. The molecule has 88 valence electrons. The normalized spacial score (nSPS) is 13.7. The summed E-state index contributed by atoms with van der Waals surface area (Å²) in [6.07, 6.45) is 0. The van der Waals surface area contributed by atoms with E-state index in [1.165, 1.54) is 13.8 Å². The van der Waals surface area contributed by atoms with Crippen molar-refractivity contribution in [3.8, 4) is 0 Å². The molecule has 1 unspecified atom stereocenters. The first-order valence-electron chi connectivity index (χ1n) is 4.87. The van der Waals surface area contributed by atoms with Gasteiger partial charge in [-0.3, -0.25) is 9.59 Å². The zero-order valence-electron chi connectivity index (χ0n) is 10.00. The largest absolute Gasteiger partial charge is 0.480 e. The number of nitrogens with one attached hydrogen (secondary N) is 1. The maximum absolute atomic E-state index is 11.5. The Kier molecular flexibility index (Phi) is 4.74. The van der Waals surface area contributed by atoms with E-state index in [4.69, 9.17) is 5.11 Å². The van der Waals surface area contributed by atoms with Crippen LogP contribution in [0, 0.1) is 5.41 Å². The van der Waals surface area contributed by atoms with Crippen LogP contribution in [0.2, 0.25) is 0 Å². The molecule has 0 radical (unpaired) electrons. The Morgan fingerprint density at radius 2 is 1.87 bits per heavy atom. The molecule has 0 aliphatic carbocycles. The number of nitrogens with zero attached hydrogens (tertiary/aromatic N) is 1. The highest BCUT2D eigenvalue weighted by Gasteiger charge is 2.35. The third kappa shape index (κ3) is 3.87. The van der Waals surface area contributed by atoms with Gasteiger partial charge in [0.1, 0.15) is 5.41 Å². The topological polar surface area (TPSA) is 69.6 Å². The Morgan fingerprint density at radius 1 is 1.40 bits per heavy atom. The lowest BCUT2D eigenvalue weighted by Gasteiger charge is -2.23. The van der Waals surface area contributed by atoms with E-state index in [2.05, 4.69) is 5.32 Å². The quantitative estimate of drug-likeness (QED) is 0.642. The first kappa shape index (κ1) is 13.9. The molecule has 0 aliphatic rings. The minimum Gasteiger partial charge on any atom is -0.480 e. The highest BCUT2D eigenvalue weighted by molar-refractivity contribution is 6.00. The minimum atomic E-state index is -1.37. The highest BCUT2D eigenvalue weighted by Crippen LogP contribution is 2.14. The van der Waals surface area contributed by atoms with Gasteiger partial charge in [-0.15, -0.1) is 0 Å². The summed E-state index contributed by atoms with van der Waals surface area (Å²) >= 11 is 0. The summed E-state index contributed by atoms with van der Waals surface area (Å²) in [4.78, 5) is 24.2. The molecule has 0 saturated heterocycles. The van der Waals surface area contributed by atoms with Gasteiger partial charge in [-0.1, -0.05) is 0 Å². The summed E-state index contributed by atoms with van der Waals surface area (Å²) in [5, 5.41) is 11.4. The predicted octanol–water partition coefficient (Wildman–Crippen LogP) is 0.164. The van der Waals surface area contributed by atoms with E-state index in [1.807, 2.05) is 25.9 Å². The first-order valence-corrected chi connectivity index (χ1v) is 4.87. The van der Waals surface area contributed by atoms with E-state index in [-0.39, 0.29) is 6.04 Å². The van der Waals surface area contributed by atoms with Crippen molar-refractivity contribution in [1.82, 2.24) is 10.2 Å². The number of amides is 1. The number of carboxylic acids is 1. The molecule has 15 heavy (non-hydrogen) atoms. The van der Waals surface area contributed by atoms with Crippen LogP contribution in [-0.2, 0) is 9.59 Å². The Balaban J connectivity index is 4.22. The van der Waals surface area contributed by atoms with Crippen molar-refractivity contribution < 1.29 is 14.7 Å². The molecule has 0 aliphatic heterocycles. The first-order chi connectivity index (χ1) is 6.69. The van der Waals surface area contributed by atoms with Gasteiger partial charge < -0.3 is 15.3 Å². The lowest BCUT2D eigenvalue weighted by atomic mass is 9.92. The molecule has 0 spiro atoms. The molecule has 0 rings (SSSR count). The number of carbonyl (C=O) groups excluding carboxylic acids is 1. The van der Waals surface area contributed by atoms with Gasteiger partial charge in [0.25, 0.3) is 0 Å². The summed E-state index contributed by atoms with van der Waals surface area (Å²) in [7, 11) is 3.80. The van der Waals surface area contributed by atoms with Gasteiger partial charge in [0.05, 0.1) is 0 Å². The molecule has 0 saturated carbocycles. The second kappa shape index (κ2) is 5.11. The molecule has 5 heteroatoms. The zero-order chi connectivity index (χ0) is 12.2. The van der Waals surface area contributed by atoms with Crippen molar-refractivity contribution in [2.75, 3.05) is 20.6 Å². The zero-order valence-corrected chi connectivity index (χ0v) is 10.00. The smallest absolute Gasteiger partial charge is 0.318 e. The third-order valence-corrected chi connectivity index (χ3v) is 2.54. The van der Waals surface area contributed by atoms with E-state index in [1.54, 1.807) is 0 Å². The lowest BCUT2D eigenvalue weighted by Crippen LogP contribution is -2.46. The molecule has 1 amide bonds. The average molecular weight is 216 g/mol. The van der Waals surface area contributed by atoms with Crippen LogP contribution < -0.4 is 5.32 Å². The van der Waals surface area contributed by atoms with Crippen molar-refractivity contribution in [2.45, 2.75) is 26.8 Å². The van der Waals surface area contributed by atoms with Gasteiger partial charge in [0.2, 0.25) is 5.91 Å². The molecule has 0 aromatic heterocycles. The fourth-order valence-corrected chi connectivity index (χ4v) is 0.741. The maximum atomic E-state index is 11.5. The van der Waals surface area contributed by atoms with Gasteiger partial charge in [0, 0.05) is 12.6 Å². The minimum absolute atomic E-state index is 0.179. The van der Waals surface area contributed by atoms with Gasteiger partial charge in [-0.2, -0.15) is 0 Å². The fourth-order valence-electron chi connectivity index (χ4n) is 0.741. The predicted molar refractivity (Wildman–Crippen MR) is 57.6 cm³/mol. The number of rotatable bonds is 5. The van der Waals surface area contributed by atoms with Crippen LogP contribution in [0.15, 0.2) is 0 Å². The van der Waals surface area contributed by atoms with Crippen LogP contribution in [0.4, 0.5) is 0 Å². The SMILES string of the molecule is CC(CNC(=O)C(C)(C)C(=O)O)N(C)C. The van der Waals surface area contributed by atoms with Crippen LogP contribution in [0.25, 0.3) is 0 Å². The summed E-state index contributed by atoms with van der Waals surface area (Å²) in [5.41, 5.74) is -1.37. The van der Waals surface area contributed by atoms with E-state index in [0.717, 1.165) is 0 Å². The van der Waals surface area contributed by atoms with Gasteiger partial charge in [-0.25, -0.2) is 0 Å². The molecule has 2 N–H and O–H groups in total. The third-order valence-electron chi connectivity index (χ3n) is 2.54. The highest BCUT2D eigenvalue weighted by atomic mass is 16.4. The molecule has 5 nitrogen and oxygen atoms in total. The molecule has 0 aromatic carbocycles. The second-order valence-corrected chi connectivity index (χ2v) is 4.45. The van der Waals surface area contributed by atoms with E-state index in [9.17, 15) is 9.59 Å². The number of aliphatic carboxylic acids is 1. The molecular formula is C10H20N2O3. The standard InChI is InChI=1S/C10H20N2O3/c1-7(12(4)5)6-11-8(13)10(2,3)9(14)15/h7H,6H2,1-5H3,(H,11,13)(H,14,15). The molecule has 1 atom stereocenters. The van der Waals surface area contributed by atoms with E-state index >= 15 is 0 Å². The number of hydrogen-bond acceptors (Lipinski definition) is 3. The van der Waals surface area contributed by atoms with Crippen LogP contribution in [0.5, 0.6) is 0 Å². The molecule has 0 heterocycles. The maximum Gasteiger partial charge on any atom is 0.318 e. The monoisotopic (exact) mass is 216 g/mol. The van der Waals surface area contributed by atoms with Crippen LogP contribution in [-0.4, -0.2) is 48.6 Å². The molecular weight excluding hydrogens is 196 g/mol. The Labute approximate surface area is 90.5 Å². The van der Waals surface area contributed by atoms with E-state index in [0.29, 0.717) is 6.54 Å². The number of hydrogen-bond donors (Lipinski definition) is 2. The number of carbonyl (C=O) groups is 2. The molecule has 0 aromatic rings. The molecule has 0 fully saturated rings. The lowest BCUT2D eigenvalue weighted by molar-refractivity contribution is -0.153. The Bertz CT molecular complexity index is 249. The number of carboxylic acid groups (broad SMARTS) is 1. The van der Waals surface area contributed by atoms with Crippen LogP contribution >= 0.6 is 0 Å². The summed E-state index contributed by atoms with van der Waals surface area (Å²) < 4.78 is 0. The van der Waals surface area contributed by atoms with Gasteiger partial charge >= 0.3 is 5.97 Å². The van der Waals surface area contributed by atoms with Gasteiger partial charge in [0.15, 0.2) is 0 Å². The van der Waals surface area contributed by atoms with Crippen molar-refractivity contribution in [2.24, 2.45) is 5.41 Å². The number of likely N-dealkylation sites (N-methyl/N-ethyl adjacent to an activating group) is 1. The van der Waals surface area contributed by atoms with Crippen molar-refractivity contribution in [1.29, 1.82) is 0 Å². The van der Waals surface area contributed by atoms with E-state index < -0.39 is 17.3 Å². The summed E-state index contributed by atoms with van der Waals surface area (Å²) in [5.74, 6) is -1.57. The van der Waals surface area contributed by atoms with Crippen molar-refractivity contribution in [3.63, 3.8) is 0 Å². The van der Waals surface area contributed by atoms with Gasteiger partial charge in [-0.05, 0) is 34.9 Å². The van der Waals surface area contributed by atoms with Crippen molar-refractivity contribution >= 4 is 11.9 Å². The van der Waals surface area contributed by atoms with Crippen LogP contribution in [0.1, 0.15) is 20.8 Å². The average Bonchev–Trinajstić information content (AvgIpc) is 2.12.